The standard InChI is InChI=1S/C12H18N2O2S/c1-3-17-7-5-9(2)14-12(16)10-8-13-6-4-11(10)15/h4,6,8-9H,3,5,7H2,1-2H3,(H,13,15)(H,14,16). The van der Waals surface area contributed by atoms with Crippen LogP contribution >= 0.6 is 11.8 Å². The van der Waals surface area contributed by atoms with Gasteiger partial charge in [0.25, 0.3) is 5.91 Å². The zero-order valence-corrected chi connectivity index (χ0v) is 11.0. The summed E-state index contributed by atoms with van der Waals surface area (Å²) in [5, 5.41) is 2.82. The molecule has 1 aromatic rings. The van der Waals surface area contributed by atoms with Crippen molar-refractivity contribution < 1.29 is 4.79 Å². The zero-order chi connectivity index (χ0) is 12.7. The Bertz CT molecular complexity index is 417. The van der Waals surface area contributed by atoms with E-state index in [1.165, 1.54) is 18.5 Å². The number of aromatic nitrogens is 1. The minimum Gasteiger partial charge on any atom is -0.367 e. The molecule has 0 spiro atoms. The van der Waals surface area contributed by atoms with E-state index >= 15 is 0 Å². The Morgan fingerprint density at radius 1 is 1.59 bits per heavy atom. The smallest absolute Gasteiger partial charge is 0.256 e. The lowest BCUT2D eigenvalue weighted by atomic mass is 10.2. The number of pyridine rings is 1. The monoisotopic (exact) mass is 254 g/mol. The highest BCUT2D eigenvalue weighted by Crippen LogP contribution is 2.04. The third-order valence-corrected chi connectivity index (χ3v) is 3.28. The van der Waals surface area contributed by atoms with Gasteiger partial charge >= 0.3 is 0 Å². The van der Waals surface area contributed by atoms with Gasteiger partial charge in [-0.1, -0.05) is 6.92 Å². The second-order valence-electron chi connectivity index (χ2n) is 3.78. The molecule has 0 aliphatic heterocycles. The van der Waals surface area contributed by atoms with Crippen molar-refractivity contribution in [2.24, 2.45) is 0 Å². The molecule has 0 fully saturated rings. The van der Waals surface area contributed by atoms with Crippen molar-refractivity contribution in [2.75, 3.05) is 11.5 Å². The number of thioether (sulfide) groups is 1. The molecule has 1 amide bonds. The second-order valence-corrected chi connectivity index (χ2v) is 5.18. The number of carbonyl (C=O) groups excluding carboxylic acids is 1. The first-order chi connectivity index (χ1) is 8.15. The SMILES string of the molecule is CCSCCC(C)NC(=O)c1c[nH]ccc1=O. The van der Waals surface area contributed by atoms with Crippen LogP contribution in [0.15, 0.2) is 23.3 Å². The molecule has 0 saturated carbocycles. The number of hydrogen-bond acceptors (Lipinski definition) is 3. The molecule has 0 saturated heterocycles. The van der Waals surface area contributed by atoms with Crippen molar-refractivity contribution in [3.63, 3.8) is 0 Å². The molecule has 4 nitrogen and oxygen atoms in total. The fraction of sp³-hybridized carbons (Fsp3) is 0.500. The van der Waals surface area contributed by atoms with Crippen molar-refractivity contribution in [1.82, 2.24) is 10.3 Å². The van der Waals surface area contributed by atoms with Crippen LogP contribution in [0.3, 0.4) is 0 Å². The molecular weight excluding hydrogens is 236 g/mol. The Morgan fingerprint density at radius 2 is 2.35 bits per heavy atom. The van der Waals surface area contributed by atoms with Crippen LogP contribution in [0.5, 0.6) is 0 Å². The molecule has 1 atom stereocenters. The van der Waals surface area contributed by atoms with E-state index in [9.17, 15) is 9.59 Å². The van der Waals surface area contributed by atoms with Gasteiger partial charge in [0.1, 0.15) is 5.56 Å². The molecule has 17 heavy (non-hydrogen) atoms. The summed E-state index contributed by atoms with van der Waals surface area (Å²) in [5.74, 6) is 1.79. The Balaban J connectivity index is 2.49. The van der Waals surface area contributed by atoms with Crippen LogP contribution in [0.4, 0.5) is 0 Å². The Labute approximate surface area is 105 Å². The predicted octanol–water partition coefficient (Wildman–Crippen LogP) is 1.64. The van der Waals surface area contributed by atoms with Gasteiger partial charge in [0.05, 0.1) is 0 Å². The summed E-state index contributed by atoms with van der Waals surface area (Å²) in [6.45, 7) is 4.06. The number of aromatic amines is 1. The molecule has 94 valence electrons. The van der Waals surface area contributed by atoms with Crippen molar-refractivity contribution >= 4 is 17.7 Å². The van der Waals surface area contributed by atoms with Crippen LogP contribution in [-0.4, -0.2) is 28.4 Å². The third-order valence-electron chi connectivity index (χ3n) is 2.35. The Kier molecular flexibility index (Phi) is 5.83. The number of amides is 1. The first-order valence-electron chi connectivity index (χ1n) is 5.71. The summed E-state index contributed by atoms with van der Waals surface area (Å²) in [4.78, 5) is 25.9. The van der Waals surface area contributed by atoms with Gasteiger partial charge in [-0.05, 0) is 24.9 Å². The van der Waals surface area contributed by atoms with Crippen LogP contribution in [0, 0.1) is 0 Å². The summed E-state index contributed by atoms with van der Waals surface area (Å²) in [6, 6.07) is 1.44. The Morgan fingerprint density at radius 3 is 3.00 bits per heavy atom. The molecule has 1 rings (SSSR count). The van der Waals surface area contributed by atoms with Crippen LogP contribution in [0.25, 0.3) is 0 Å². The first kappa shape index (κ1) is 13.8. The second kappa shape index (κ2) is 7.17. The zero-order valence-electron chi connectivity index (χ0n) is 10.2. The van der Waals surface area contributed by atoms with E-state index in [1.54, 1.807) is 0 Å². The van der Waals surface area contributed by atoms with Crippen molar-refractivity contribution in [1.29, 1.82) is 0 Å². The number of carbonyl (C=O) groups is 1. The minimum atomic E-state index is -0.305. The van der Waals surface area contributed by atoms with Crippen LogP contribution in [-0.2, 0) is 0 Å². The maximum absolute atomic E-state index is 11.8. The fourth-order valence-corrected chi connectivity index (χ4v) is 2.18. The van der Waals surface area contributed by atoms with E-state index < -0.39 is 0 Å². The van der Waals surface area contributed by atoms with Gasteiger partial charge in [0, 0.05) is 24.5 Å². The van der Waals surface area contributed by atoms with E-state index in [-0.39, 0.29) is 22.9 Å². The van der Waals surface area contributed by atoms with Crippen LogP contribution in [0.1, 0.15) is 30.6 Å². The lowest BCUT2D eigenvalue weighted by Crippen LogP contribution is -2.35. The van der Waals surface area contributed by atoms with Crippen LogP contribution in [0.2, 0.25) is 0 Å². The largest absolute Gasteiger partial charge is 0.367 e. The molecule has 0 aliphatic carbocycles. The normalized spacial score (nSPS) is 12.1. The van der Waals surface area contributed by atoms with Gasteiger partial charge < -0.3 is 10.3 Å². The van der Waals surface area contributed by atoms with E-state index in [0.717, 1.165) is 17.9 Å². The van der Waals surface area contributed by atoms with E-state index in [0.29, 0.717) is 0 Å². The van der Waals surface area contributed by atoms with Gasteiger partial charge in [0.15, 0.2) is 5.43 Å². The summed E-state index contributed by atoms with van der Waals surface area (Å²) in [6.07, 6.45) is 3.86. The third kappa shape index (κ3) is 4.65. The molecule has 1 aromatic heterocycles. The van der Waals surface area contributed by atoms with Gasteiger partial charge in [-0.3, -0.25) is 9.59 Å². The first-order valence-corrected chi connectivity index (χ1v) is 6.86. The summed E-state index contributed by atoms with van der Waals surface area (Å²) in [5.41, 5.74) is -0.0844. The van der Waals surface area contributed by atoms with Gasteiger partial charge in [-0.25, -0.2) is 0 Å². The van der Waals surface area contributed by atoms with E-state index in [1.807, 2.05) is 18.7 Å². The molecule has 0 bridgehead atoms. The predicted molar refractivity (Wildman–Crippen MR) is 71.6 cm³/mol. The van der Waals surface area contributed by atoms with E-state index in [2.05, 4.69) is 17.2 Å². The maximum atomic E-state index is 11.8. The molecule has 0 aliphatic rings. The minimum absolute atomic E-state index is 0.0844. The van der Waals surface area contributed by atoms with Crippen molar-refractivity contribution in [3.8, 4) is 0 Å². The average molecular weight is 254 g/mol. The lowest BCUT2D eigenvalue weighted by Gasteiger charge is -2.12. The molecule has 0 aromatic carbocycles. The highest BCUT2D eigenvalue weighted by atomic mass is 32.2. The van der Waals surface area contributed by atoms with Crippen LogP contribution < -0.4 is 10.7 Å². The van der Waals surface area contributed by atoms with Gasteiger partial charge in [-0.15, -0.1) is 0 Å². The summed E-state index contributed by atoms with van der Waals surface area (Å²) < 4.78 is 0. The lowest BCUT2D eigenvalue weighted by molar-refractivity contribution is 0.0938. The maximum Gasteiger partial charge on any atom is 0.256 e. The topological polar surface area (TPSA) is 62.0 Å². The van der Waals surface area contributed by atoms with Gasteiger partial charge in [-0.2, -0.15) is 11.8 Å². The fourth-order valence-electron chi connectivity index (χ4n) is 1.37. The molecular formula is C12H18N2O2S. The van der Waals surface area contributed by atoms with Crippen molar-refractivity contribution in [3.05, 3.63) is 34.2 Å². The number of nitrogens with one attached hydrogen (secondary N) is 2. The summed E-state index contributed by atoms with van der Waals surface area (Å²) >= 11 is 1.84. The highest BCUT2D eigenvalue weighted by molar-refractivity contribution is 7.99. The number of hydrogen-bond donors (Lipinski definition) is 2. The molecule has 5 heteroatoms. The molecule has 0 radical (unpaired) electrons. The molecule has 2 N–H and O–H groups in total. The summed E-state index contributed by atoms with van der Waals surface area (Å²) in [7, 11) is 0. The Hall–Kier alpha value is -1.23. The average Bonchev–Trinajstić information content (AvgIpc) is 2.29. The van der Waals surface area contributed by atoms with Gasteiger partial charge in [0.2, 0.25) is 0 Å². The highest BCUT2D eigenvalue weighted by Gasteiger charge is 2.12. The van der Waals surface area contributed by atoms with E-state index in [4.69, 9.17) is 0 Å². The quantitative estimate of drug-likeness (QED) is 0.759. The number of rotatable bonds is 6. The molecule has 1 unspecified atom stereocenters. The van der Waals surface area contributed by atoms with Crippen molar-refractivity contribution in [2.45, 2.75) is 26.3 Å². The molecule has 1 heterocycles. The number of H-pyrrole nitrogens is 1.